The summed E-state index contributed by atoms with van der Waals surface area (Å²) in [5.41, 5.74) is 5.03. The Morgan fingerprint density at radius 3 is 2.36 bits per heavy atom. The Kier molecular flexibility index (Phi) is 4.27. The van der Waals surface area contributed by atoms with Gasteiger partial charge in [-0.05, 0) is 32.0 Å². The first-order valence-electron chi connectivity index (χ1n) is 7.68. The Morgan fingerprint density at radius 2 is 1.86 bits per heavy atom. The number of nitrogens with two attached hydrogens (primary N) is 1. The third-order valence-electron chi connectivity index (χ3n) is 4.96. The Hall–Kier alpha value is -0.493. The maximum absolute atomic E-state index is 9.57. The van der Waals surface area contributed by atoms with E-state index in [1.54, 1.807) is 13.8 Å². The van der Waals surface area contributed by atoms with Crippen molar-refractivity contribution in [1.29, 1.82) is 5.26 Å². The largest absolute Gasteiger partial charge is 0.414 e. The van der Waals surface area contributed by atoms with Gasteiger partial charge in [-0.3, -0.25) is 0 Å². The predicted molar refractivity (Wildman–Crippen MR) is 84.4 cm³/mol. The van der Waals surface area contributed by atoms with E-state index in [0.717, 1.165) is 0 Å². The van der Waals surface area contributed by atoms with Crippen LogP contribution in [-0.4, -0.2) is 44.7 Å². The Bertz CT molecular complexity index is 483. The highest BCUT2D eigenvalue weighted by atomic mass is 28.4. The van der Waals surface area contributed by atoms with E-state index in [2.05, 4.69) is 39.9 Å². The normalized spacial score (nSPS) is 37.9. The maximum Gasteiger partial charge on any atom is 0.192 e. The molecule has 0 saturated carbocycles. The highest BCUT2D eigenvalue weighted by Gasteiger charge is 2.63. The van der Waals surface area contributed by atoms with Gasteiger partial charge in [0.25, 0.3) is 0 Å². The lowest BCUT2D eigenvalue weighted by Gasteiger charge is -2.38. The molecule has 0 aromatic rings. The van der Waals surface area contributed by atoms with E-state index < -0.39 is 38.1 Å². The topological polar surface area (TPSA) is 86.7 Å². The molecule has 2 fully saturated rings. The van der Waals surface area contributed by atoms with Crippen LogP contribution in [0.2, 0.25) is 18.1 Å². The van der Waals surface area contributed by atoms with Gasteiger partial charge in [-0.1, -0.05) is 20.8 Å². The monoisotopic (exact) mass is 328 g/mol. The summed E-state index contributed by atoms with van der Waals surface area (Å²) in [6.07, 6.45) is -1.77. The minimum absolute atomic E-state index is 0.0837. The summed E-state index contributed by atoms with van der Waals surface area (Å²) < 4.78 is 23.5. The Labute approximate surface area is 134 Å². The zero-order valence-electron chi connectivity index (χ0n) is 14.6. The van der Waals surface area contributed by atoms with Gasteiger partial charge < -0.3 is 24.4 Å². The summed E-state index contributed by atoms with van der Waals surface area (Å²) in [6, 6.07) is 2.16. The molecule has 6 nitrogen and oxygen atoms in total. The highest BCUT2D eigenvalue weighted by Crippen LogP contribution is 2.43. The summed E-state index contributed by atoms with van der Waals surface area (Å²) >= 11 is 0. The molecule has 0 aromatic heterocycles. The molecule has 0 unspecified atom stereocenters. The number of fused-ring (bicyclic) bond motifs is 1. The molecule has 2 heterocycles. The van der Waals surface area contributed by atoms with Crippen LogP contribution in [0.15, 0.2) is 0 Å². The fourth-order valence-corrected chi connectivity index (χ4v) is 3.42. The van der Waals surface area contributed by atoms with Crippen LogP contribution >= 0.6 is 0 Å². The molecule has 0 amide bonds. The van der Waals surface area contributed by atoms with Crippen LogP contribution in [0.4, 0.5) is 0 Å². The van der Waals surface area contributed by atoms with Gasteiger partial charge in [0.15, 0.2) is 25.9 Å². The van der Waals surface area contributed by atoms with Gasteiger partial charge in [0.05, 0.1) is 12.7 Å². The van der Waals surface area contributed by atoms with Crippen molar-refractivity contribution in [2.45, 2.75) is 82.6 Å². The Morgan fingerprint density at radius 1 is 1.27 bits per heavy atom. The molecule has 0 bridgehead atoms. The Balaban J connectivity index is 2.10. The molecule has 0 spiro atoms. The fraction of sp³-hybridized carbons (Fsp3) is 0.933. The molecule has 22 heavy (non-hydrogen) atoms. The quantitative estimate of drug-likeness (QED) is 0.798. The summed E-state index contributed by atoms with van der Waals surface area (Å²) in [5.74, 6) is -0.790. The van der Waals surface area contributed by atoms with E-state index >= 15 is 0 Å². The molecule has 0 radical (unpaired) electrons. The molecule has 7 heteroatoms. The van der Waals surface area contributed by atoms with Gasteiger partial charge in [-0.25, -0.2) is 0 Å². The predicted octanol–water partition coefficient (Wildman–Crippen LogP) is 2.11. The summed E-state index contributed by atoms with van der Waals surface area (Å²) in [6.45, 7) is 14.7. The molecule has 2 rings (SSSR count). The highest BCUT2D eigenvalue weighted by molar-refractivity contribution is 6.74. The van der Waals surface area contributed by atoms with E-state index in [0.29, 0.717) is 0 Å². The van der Waals surface area contributed by atoms with Crippen LogP contribution in [0.25, 0.3) is 0 Å². The van der Waals surface area contributed by atoms with Gasteiger partial charge in [-0.2, -0.15) is 5.26 Å². The molecule has 2 saturated heterocycles. The molecule has 0 aromatic carbocycles. The average molecular weight is 328 g/mol. The van der Waals surface area contributed by atoms with Crippen LogP contribution in [0.3, 0.4) is 0 Å². The SMILES string of the molecule is CC1(C)O[C@H]2O[C@H](CO[Si](C)(C)C(C)(C)C)[C@](N)(C#N)[C@H]2O1. The average Bonchev–Trinajstić information content (AvgIpc) is 2.78. The number of hydrogen-bond donors (Lipinski definition) is 1. The first-order chi connectivity index (χ1) is 9.82. The van der Waals surface area contributed by atoms with Crippen molar-refractivity contribution >= 4 is 8.32 Å². The first kappa shape index (κ1) is 17.9. The molecular weight excluding hydrogens is 300 g/mol. The van der Waals surface area contributed by atoms with E-state index in [-0.39, 0.29) is 11.6 Å². The molecule has 126 valence electrons. The van der Waals surface area contributed by atoms with Gasteiger partial charge in [0, 0.05) is 0 Å². The standard InChI is InChI=1S/C15H28N2O4Si/c1-13(2,3)22(6,7)18-8-10-15(17,9-16)11-12(19-10)21-14(4,5)20-11/h10-12H,8,17H2,1-7H3/t10-,11+,12-,15-/m1/s1. The number of hydrogen-bond acceptors (Lipinski definition) is 6. The van der Waals surface area contributed by atoms with E-state index in [4.69, 9.17) is 24.4 Å². The molecule has 4 atom stereocenters. The molecule has 0 aliphatic carbocycles. The third kappa shape index (κ3) is 2.96. The number of nitrogens with zero attached hydrogens (tertiary/aromatic N) is 1. The summed E-state index contributed by atoms with van der Waals surface area (Å²) in [5, 5.41) is 9.65. The summed E-state index contributed by atoms with van der Waals surface area (Å²) in [7, 11) is -1.94. The van der Waals surface area contributed by atoms with Crippen LogP contribution in [-0.2, 0) is 18.6 Å². The maximum atomic E-state index is 9.57. The molecule has 2 N–H and O–H groups in total. The van der Waals surface area contributed by atoms with E-state index in [1.165, 1.54) is 0 Å². The number of nitriles is 1. The third-order valence-corrected chi connectivity index (χ3v) is 9.46. The van der Waals surface area contributed by atoms with Crippen molar-refractivity contribution < 1.29 is 18.6 Å². The van der Waals surface area contributed by atoms with Gasteiger partial charge in [0.1, 0.15) is 12.2 Å². The number of rotatable bonds is 3. The first-order valence-corrected chi connectivity index (χ1v) is 10.6. The second-order valence-corrected chi connectivity index (χ2v) is 13.0. The van der Waals surface area contributed by atoms with Crippen molar-refractivity contribution in [2.75, 3.05) is 6.61 Å². The second kappa shape index (κ2) is 5.26. The van der Waals surface area contributed by atoms with Crippen LogP contribution in [0.5, 0.6) is 0 Å². The van der Waals surface area contributed by atoms with Gasteiger partial charge in [-0.15, -0.1) is 0 Å². The van der Waals surface area contributed by atoms with Crippen LogP contribution in [0, 0.1) is 11.3 Å². The minimum atomic E-state index is -1.94. The zero-order chi connectivity index (χ0) is 17.0. The molecule has 2 aliphatic heterocycles. The van der Waals surface area contributed by atoms with E-state index in [9.17, 15) is 5.26 Å². The van der Waals surface area contributed by atoms with Crippen molar-refractivity contribution in [2.24, 2.45) is 5.73 Å². The van der Waals surface area contributed by atoms with Crippen LogP contribution < -0.4 is 5.73 Å². The fourth-order valence-electron chi connectivity index (χ4n) is 2.42. The molecular formula is C15H28N2O4Si. The lowest BCUT2D eigenvalue weighted by molar-refractivity contribution is -0.212. The van der Waals surface area contributed by atoms with Crippen molar-refractivity contribution in [1.82, 2.24) is 0 Å². The van der Waals surface area contributed by atoms with Gasteiger partial charge in [0.2, 0.25) is 0 Å². The van der Waals surface area contributed by atoms with Crippen molar-refractivity contribution in [3.63, 3.8) is 0 Å². The molecule has 2 aliphatic rings. The van der Waals surface area contributed by atoms with Crippen LogP contribution in [0.1, 0.15) is 34.6 Å². The van der Waals surface area contributed by atoms with Crippen molar-refractivity contribution in [3.8, 4) is 6.07 Å². The van der Waals surface area contributed by atoms with E-state index in [1.807, 2.05) is 0 Å². The zero-order valence-corrected chi connectivity index (χ0v) is 15.6. The lowest BCUT2D eigenvalue weighted by atomic mass is 9.91. The van der Waals surface area contributed by atoms with Crippen molar-refractivity contribution in [3.05, 3.63) is 0 Å². The summed E-state index contributed by atoms with van der Waals surface area (Å²) in [4.78, 5) is 0. The number of ether oxygens (including phenoxy) is 3. The minimum Gasteiger partial charge on any atom is -0.414 e. The second-order valence-electron chi connectivity index (χ2n) is 8.17. The lowest BCUT2D eigenvalue weighted by Crippen LogP contribution is -2.58. The van der Waals surface area contributed by atoms with Gasteiger partial charge >= 0.3 is 0 Å². The smallest absolute Gasteiger partial charge is 0.192 e.